The highest BCUT2D eigenvalue weighted by atomic mass is 16.8. The van der Waals surface area contributed by atoms with E-state index in [0.717, 1.165) is 44.9 Å². The van der Waals surface area contributed by atoms with E-state index in [1.165, 1.54) is 5.57 Å². The number of aliphatic hydroxyl groups is 13. The number of carbonyl (C=O) groups is 1. The molecule has 4 saturated heterocycles. The van der Waals surface area contributed by atoms with E-state index < -0.39 is 159 Å². The van der Waals surface area contributed by atoms with Gasteiger partial charge in [0.2, 0.25) is 6.29 Å². The number of carbonyl (C=O) groups excluding carboxylic acids is 1. The Morgan fingerprint density at radius 3 is 1.76 bits per heavy atom. The van der Waals surface area contributed by atoms with E-state index in [1.807, 2.05) is 0 Å². The molecule has 0 amide bonds. The highest BCUT2D eigenvalue weighted by Gasteiger charge is 2.70. The maximum absolute atomic E-state index is 14.7. The van der Waals surface area contributed by atoms with Gasteiger partial charge in [-0.05, 0) is 109 Å². The van der Waals surface area contributed by atoms with Gasteiger partial charge in [0.15, 0.2) is 18.9 Å². The van der Waals surface area contributed by atoms with Crippen LogP contribution < -0.4 is 0 Å². The molecule has 0 aromatic rings. The molecule has 9 rings (SSSR count). The molecule has 0 aromatic heterocycles. The highest BCUT2D eigenvalue weighted by molar-refractivity contribution is 5.79. The molecule has 4 saturated carbocycles. The van der Waals surface area contributed by atoms with E-state index in [9.17, 15) is 71.2 Å². The SMILES string of the molecule is CC1(C)CCC2(C(=O)OC3OC(CO)C(O)C(O)C3O)CCC3(C)C(=CCC4C5(C)CCC(OC6OCC(O)C(OC7OC(CO)C(O)C(O)C7OC7OC(CO)C(O)C(O)C7O)C6O)C(C)(C)C5CCC43C)C2C1. The second-order valence-electron chi connectivity index (χ2n) is 25.8. The van der Waals surface area contributed by atoms with Crippen LogP contribution in [0.1, 0.15) is 113 Å². The predicted molar refractivity (Wildman–Crippen MR) is 257 cm³/mol. The van der Waals surface area contributed by atoms with E-state index >= 15 is 0 Å². The Labute approximate surface area is 437 Å². The number of rotatable bonds is 11. The van der Waals surface area contributed by atoms with Crippen molar-refractivity contribution in [2.24, 2.45) is 50.2 Å². The largest absolute Gasteiger partial charge is 0.432 e. The molecule has 4 heterocycles. The topological polar surface area (TPSA) is 354 Å². The summed E-state index contributed by atoms with van der Waals surface area (Å²) in [6, 6.07) is 0. The van der Waals surface area contributed by atoms with Gasteiger partial charge in [0, 0.05) is 0 Å². The van der Waals surface area contributed by atoms with E-state index in [2.05, 4.69) is 54.5 Å². The van der Waals surface area contributed by atoms with Crippen molar-refractivity contribution in [1.82, 2.24) is 0 Å². The molecule has 4 aliphatic heterocycles. The monoisotopic (exact) mass is 1070 g/mol. The lowest BCUT2D eigenvalue weighted by atomic mass is 9.33. The van der Waals surface area contributed by atoms with Crippen molar-refractivity contribution in [3.63, 3.8) is 0 Å². The first kappa shape index (κ1) is 58.1. The van der Waals surface area contributed by atoms with E-state index in [4.69, 9.17) is 37.9 Å². The van der Waals surface area contributed by atoms with Crippen molar-refractivity contribution < 1.29 is 109 Å². The third-order valence-electron chi connectivity index (χ3n) is 21.0. The molecule has 0 aromatic carbocycles. The second-order valence-corrected chi connectivity index (χ2v) is 25.8. The van der Waals surface area contributed by atoms with Gasteiger partial charge in [-0.1, -0.05) is 60.1 Å². The van der Waals surface area contributed by atoms with Crippen LogP contribution in [0.4, 0.5) is 0 Å². The molecule has 9 aliphatic rings. The van der Waals surface area contributed by atoms with Gasteiger partial charge in [0.05, 0.1) is 37.9 Å². The molecule has 22 nitrogen and oxygen atoms in total. The zero-order valence-electron chi connectivity index (χ0n) is 44.2. The zero-order chi connectivity index (χ0) is 54.7. The Hall–Kier alpha value is -1.59. The molecular weight excluding hydrogens is 989 g/mol. The molecule has 75 heavy (non-hydrogen) atoms. The minimum Gasteiger partial charge on any atom is -0.432 e. The number of ether oxygens (including phenoxy) is 8. The molecular formula is C53H86O22. The third kappa shape index (κ3) is 9.50. The van der Waals surface area contributed by atoms with Crippen LogP contribution >= 0.6 is 0 Å². The lowest BCUT2D eigenvalue weighted by molar-refractivity contribution is -0.387. The molecule has 27 atom stereocenters. The first-order valence-corrected chi connectivity index (χ1v) is 27.2. The van der Waals surface area contributed by atoms with Crippen LogP contribution in [-0.4, -0.2) is 222 Å². The van der Waals surface area contributed by atoms with E-state index in [1.54, 1.807) is 0 Å². The standard InChI is InChI=1S/C53H86O22/c1-48(2)14-16-53(47(67)75-45-39(65)36(62)33(59)27(20-55)70-45)17-15-51(6)23(24(53)18-48)8-9-30-50(5)12-11-31(49(3,4)29(50)10-13-52(30,51)7)72-43-40(66)41(25(57)22-68-43)73-46-42(37(63)34(60)28(21-56)71-46)74-44-38(64)35(61)32(58)26(19-54)69-44/h8,24-46,54-66H,9-22H2,1-7H3. The van der Waals surface area contributed by atoms with Crippen molar-refractivity contribution in [1.29, 1.82) is 0 Å². The smallest absolute Gasteiger partial charge is 0.315 e. The third-order valence-corrected chi connectivity index (χ3v) is 21.0. The van der Waals surface area contributed by atoms with Crippen molar-refractivity contribution in [3.8, 4) is 0 Å². The number of aliphatic hydroxyl groups excluding tert-OH is 13. The van der Waals surface area contributed by atoms with Crippen molar-refractivity contribution >= 4 is 5.97 Å². The van der Waals surface area contributed by atoms with Gasteiger partial charge in [-0.3, -0.25) is 4.79 Å². The van der Waals surface area contributed by atoms with Crippen LogP contribution in [0.3, 0.4) is 0 Å². The minimum absolute atomic E-state index is 0.0762. The molecule has 0 spiro atoms. The Bertz CT molecular complexity index is 2060. The van der Waals surface area contributed by atoms with Crippen LogP contribution in [0, 0.1) is 50.2 Å². The van der Waals surface area contributed by atoms with Crippen LogP contribution in [0.15, 0.2) is 11.6 Å². The minimum atomic E-state index is -1.90. The molecule has 5 aliphatic carbocycles. The summed E-state index contributed by atoms with van der Waals surface area (Å²) in [4.78, 5) is 14.7. The van der Waals surface area contributed by atoms with Crippen LogP contribution in [0.2, 0.25) is 0 Å². The Balaban J connectivity index is 0.914. The molecule has 0 bridgehead atoms. The quantitative estimate of drug-likeness (QED) is 0.0643. The van der Waals surface area contributed by atoms with Crippen LogP contribution in [0.25, 0.3) is 0 Å². The normalized spacial score (nSPS) is 53.5. The lowest BCUT2D eigenvalue weighted by Gasteiger charge is -2.71. The number of allylic oxidation sites excluding steroid dienone is 2. The summed E-state index contributed by atoms with van der Waals surface area (Å²) in [6.07, 6.45) is -21.5. The number of esters is 1. The van der Waals surface area contributed by atoms with Crippen molar-refractivity contribution in [3.05, 3.63) is 11.6 Å². The number of hydrogen-bond donors (Lipinski definition) is 13. The molecule has 8 fully saturated rings. The summed E-state index contributed by atoms with van der Waals surface area (Å²) >= 11 is 0. The fourth-order valence-corrected chi connectivity index (χ4v) is 16.2. The van der Waals surface area contributed by atoms with E-state index in [-0.39, 0.29) is 46.0 Å². The highest BCUT2D eigenvalue weighted by Crippen LogP contribution is 2.76. The van der Waals surface area contributed by atoms with E-state index in [0.29, 0.717) is 19.3 Å². The Kier molecular flexibility index (Phi) is 16.3. The van der Waals surface area contributed by atoms with Crippen molar-refractivity contribution in [2.75, 3.05) is 26.4 Å². The first-order valence-electron chi connectivity index (χ1n) is 27.2. The molecule has 430 valence electrons. The number of hydrogen-bond acceptors (Lipinski definition) is 22. The van der Waals surface area contributed by atoms with Gasteiger partial charge in [-0.15, -0.1) is 0 Å². The summed E-state index contributed by atoms with van der Waals surface area (Å²) < 4.78 is 47.7. The molecule has 13 N–H and O–H groups in total. The van der Waals surface area contributed by atoms with Crippen LogP contribution in [0.5, 0.6) is 0 Å². The zero-order valence-corrected chi connectivity index (χ0v) is 44.2. The van der Waals surface area contributed by atoms with Gasteiger partial charge in [0.1, 0.15) is 91.6 Å². The first-order chi connectivity index (χ1) is 35.1. The summed E-state index contributed by atoms with van der Waals surface area (Å²) in [6.45, 7) is 13.5. The summed E-state index contributed by atoms with van der Waals surface area (Å²) in [5.74, 6) is -0.257. The summed E-state index contributed by atoms with van der Waals surface area (Å²) in [5.41, 5.74) is -0.804. The molecule has 22 heteroatoms. The van der Waals surface area contributed by atoms with Gasteiger partial charge >= 0.3 is 5.97 Å². The van der Waals surface area contributed by atoms with Gasteiger partial charge < -0.3 is 104 Å². The molecule has 27 unspecified atom stereocenters. The maximum Gasteiger partial charge on any atom is 0.315 e. The fraction of sp³-hybridized carbons (Fsp3) is 0.943. The fourth-order valence-electron chi connectivity index (χ4n) is 16.2. The second kappa shape index (κ2) is 21.1. The van der Waals surface area contributed by atoms with Gasteiger partial charge in [-0.25, -0.2) is 0 Å². The van der Waals surface area contributed by atoms with Gasteiger partial charge in [-0.2, -0.15) is 0 Å². The summed E-state index contributed by atoms with van der Waals surface area (Å²) in [5, 5.41) is 138. The van der Waals surface area contributed by atoms with Gasteiger partial charge in [0.25, 0.3) is 0 Å². The molecule has 0 radical (unpaired) electrons. The Morgan fingerprint density at radius 1 is 0.573 bits per heavy atom. The predicted octanol–water partition coefficient (Wildman–Crippen LogP) is -1.40. The summed E-state index contributed by atoms with van der Waals surface area (Å²) in [7, 11) is 0. The lowest BCUT2D eigenvalue weighted by Crippen LogP contribution is -2.67. The van der Waals surface area contributed by atoms with Crippen LogP contribution in [-0.2, 0) is 42.7 Å². The van der Waals surface area contributed by atoms with Crippen molar-refractivity contribution in [2.45, 2.75) is 235 Å². The Morgan fingerprint density at radius 2 is 1.13 bits per heavy atom. The average Bonchev–Trinajstić information content (AvgIpc) is 3.36. The average molecular weight is 1080 g/mol. The maximum atomic E-state index is 14.7. The number of fused-ring (bicyclic) bond motifs is 7.